The van der Waals surface area contributed by atoms with Gasteiger partial charge in [-0.2, -0.15) is 0 Å². The van der Waals surface area contributed by atoms with Gasteiger partial charge < -0.3 is 4.90 Å². The third-order valence-electron chi connectivity index (χ3n) is 6.30. The Balaban J connectivity index is 1.73. The molecule has 172 valence electrons. The minimum absolute atomic E-state index is 0.0427. The number of carbonyl (C=O) groups is 3. The molecule has 0 radical (unpaired) electrons. The maximum atomic E-state index is 13.2. The second-order valence-electron chi connectivity index (χ2n) is 9.04. The predicted molar refractivity (Wildman–Crippen MR) is 132 cm³/mol. The number of halogens is 2. The van der Waals surface area contributed by atoms with Crippen LogP contribution >= 0.6 is 23.2 Å². The van der Waals surface area contributed by atoms with Crippen LogP contribution in [0, 0.1) is 0 Å². The van der Waals surface area contributed by atoms with Crippen LogP contribution in [0.25, 0.3) is 6.08 Å². The van der Waals surface area contributed by atoms with Gasteiger partial charge in [0.25, 0.3) is 11.8 Å². The number of benzene rings is 2. The van der Waals surface area contributed by atoms with Gasteiger partial charge in [-0.15, -0.1) is 0 Å². The van der Waals surface area contributed by atoms with E-state index in [1.807, 2.05) is 18.2 Å². The fourth-order valence-corrected chi connectivity index (χ4v) is 5.17. The molecule has 2 heterocycles. The zero-order valence-corrected chi connectivity index (χ0v) is 20.4. The van der Waals surface area contributed by atoms with Gasteiger partial charge in [-0.1, -0.05) is 36.2 Å². The van der Waals surface area contributed by atoms with E-state index < -0.39 is 17.8 Å². The van der Waals surface area contributed by atoms with Crippen molar-refractivity contribution in [1.82, 2.24) is 5.32 Å². The molecule has 2 aliphatic rings. The smallest absolute Gasteiger partial charge is 0.335 e. The van der Waals surface area contributed by atoms with E-state index >= 15 is 0 Å². The molecule has 6 nitrogen and oxygen atoms in total. The standard InChI is InChI=1S/C25H25Cl2N3O3/c1-5-29-21-9-6-15(10-17(21)14(2)13-25(29,3)4)11-18-22(31)28-24(33)30(23(18)32)16-7-8-19(26)20(27)12-16/h6-12,14H,5,13H2,1-4H3,(H,28,31,33)/b18-11+/t14-/m0/s1. The van der Waals surface area contributed by atoms with E-state index in [1.54, 1.807) is 0 Å². The molecule has 0 aliphatic carbocycles. The van der Waals surface area contributed by atoms with Gasteiger partial charge >= 0.3 is 6.03 Å². The van der Waals surface area contributed by atoms with Crippen molar-refractivity contribution in [3.63, 3.8) is 0 Å². The number of hydrogen-bond donors (Lipinski definition) is 1. The number of rotatable bonds is 3. The fraction of sp³-hybridized carbons (Fsp3) is 0.320. The van der Waals surface area contributed by atoms with Crippen LogP contribution in [0.5, 0.6) is 0 Å². The lowest BCUT2D eigenvalue weighted by molar-refractivity contribution is -0.122. The van der Waals surface area contributed by atoms with E-state index in [2.05, 4.69) is 37.9 Å². The summed E-state index contributed by atoms with van der Waals surface area (Å²) in [5.41, 5.74) is 3.20. The van der Waals surface area contributed by atoms with Crippen molar-refractivity contribution in [3.05, 3.63) is 63.1 Å². The van der Waals surface area contributed by atoms with Crippen molar-refractivity contribution in [2.24, 2.45) is 0 Å². The summed E-state index contributed by atoms with van der Waals surface area (Å²) >= 11 is 12.0. The molecule has 1 fully saturated rings. The first-order valence-electron chi connectivity index (χ1n) is 10.8. The summed E-state index contributed by atoms with van der Waals surface area (Å²) in [6.45, 7) is 9.69. The monoisotopic (exact) mass is 485 g/mol. The van der Waals surface area contributed by atoms with Crippen molar-refractivity contribution in [2.45, 2.75) is 45.6 Å². The molecule has 1 atom stereocenters. The Morgan fingerprint density at radius 1 is 1.09 bits per heavy atom. The van der Waals surface area contributed by atoms with Gasteiger partial charge in [-0.3, -0.25) is 14.9 Å². The van der Waals surface area contributed by atoms with Gasteiger partial charge in [-0.05, 0) is 80.6 Å². The van der Waals surface area contributed by atoms with Crippen LogP contribution < -0.4 is 15.1 Å². The quantitative estimate of drug-likeness (QED) is 0.442. The number of fused-ring (bicyclic) bond motifs is 1. The van der Waals surface area contributed by atoms with E-state index in [4.69, 9.17) is 23.2 Å². The molecule has 0 aromatic heterocycles. The Hall–Kier alpha value is -2.83. The first-order chi connectivity index (χ1) is 15.5. The highest BCUT2D eigenvalue weighted by molar-refractivity contribution is 6.43. The number of amides is 4. The largest absolute Gasteiger partial charge is 0.366 e. The SMILES string of the molecule is CCN1c2ccc(/C=C3\C(=O)NC(=O)N(c4ccc(Cl)c(Cl)c4)C3=O)cc2[C@@H](C)CC1(C)C. The normalized spacial score (nSPS) is 21.3. The first-order valence-corrected chi connectivity index (χ1v) is 11.6. The van der Waals surface area contributed by atoms with Crippen molar-refractivity contribution in [2.75, 3.05) is 16.3 Å². The Bertz CT molecular complexity index is 1210. The van der Waals surface area contributed by atoms with Gasteiger partial charge in [0, 0.05) is 17.8 Å². The summed E-state index contributed by atoms with van der Waals surface area (Å²) in [4.78, 5) is 41.4. The van der Waals surface area contributed by atoms with Crippen LogP contribution in [0.1, 0.15) is 51.2 Å². The lowest BCUT2D eigenvalue weighted by Crippen LogP contribution is -2.54. The van der Waals surface area contributed by atoms with Gasteiger partial charge in [0.1, 0.15) is 5.57 Å². The van der Waals surface area contributed by atoms with Gasteiger partial charge in [-0.25, -0.2) is 9.69 Å². The van der Waals surface area contributed by atoms with Crippen molar-refractivity contribution in [3.8, 4) is 0 Å². The summed E-state index contributed by atoms with van der Waals surface area (Å²) in [7, 11) is 0. The second kappa shape index (κ2) is 8.50. The highest BCUT2D eigenvalue weighted by Gasteiger charge is 2.38. The van der Waals surface area contributed by atoms with E-state index in [-0.39, 0.29) is 21.8 Å². The van der Waals surface area contributed by atoms with Crippen LogP contribution in [0.3, 0.4) is 0 Å². The molecule has 0 bridgehead atoms. The van der Waals surface area contributed by atoms with Crippen LogP contribution in [0.4, 0.5) is 16.2 Å². The summed E-state index contributed by atoms with van der Waals surface area (Å²) in [6, 6.07) is 9.52. The van der Waals surface area contributed by atoms with Crippen LogP contribution in [0.2, 0.25) is 10.0 Å². The number of imide groups is 2. The molecule has 4 rings (SSSR count). The number of nitrogens with one attached hydrogen (secondary N) is 1. The molecule has 2 aromatic rings. The van der Waals surface area contributed by atoms with Gasteiger partial charge in [0.2, 0.25) is 0 Å². The lowest BCUT2D eigenvalue weighted by atomic mass is 9.79. The zero-order chi connectivity index (χ0) is 24.1. The first kappa shape index (κ1) is 23.3. The third-order valence-corrected chi connectivity index (χ3v) is 7.04. The molecule has 8 heteroatoms. The zero-order valence-electron chi connectivity index (χ0n) is 18.9. The average Bonchev–Trinajstić information content (AvgIpc) is 2.73. The molecule has 0 spiro atoms. The molecular formula is C25H25Cl2N3O3. The summed E-state index contributed by atoms with van der Waals surface area (Å²) in [5, 5.41) is 2.73. The minimum atomic E-state index is -0.833. The molecule has 33 heavy (non-hydrogen) atoms. The highest BCUT2D eigenvalue weighted by Crippen LogP contribution is 2.43. The maximum Gasteiger partial charge on any atom is 0.335 e. The Morgan fingerprint density at radius 2 is 1.82 bits per heavy atom. The molecule has 4 amide bonds. The van der Waals surface area contributed by atoms with Crippen molar-refractivity contribution < 1.29 is 14.4 Å². The Labute approximate surface area is 203 Å². The predicted octanol–water partition coefficient (Wildman–Crippen LogP) is 5.77. The van der Waals surface area contributed by atoms with Crippen molar-refractivity contribution in [1.29, 1.82) is 0 Å². The van der Waals surface area contributed by atoms with Gasteiger partial charge in [0.15, 0.2) is 0 Å². The lowest BCUT2D eigenvalue weighted by Gasteiger charge is -2.47. The molecule has 0 unspecified atom stereocenters. The average molecular weight is 486 g/mol. The second-order valence-corrected chi connectivity index (χ2v) is 9.85. The fourth-order valence-electron chi connectivity index (χ4n) is 4.88. The molecule has 2 aromatic carbocycles. The molecule has 2 aliphatic heterocycles. The topological polar surface area (TPSA) is 69.7 Å². The number of barbiturate groups is 1. The van der Waals surface area contributed by atoms with E-state index in [9.17, 15) is 14.4 Å². The third kappa shape index (κ3) is 4.13. The molecular weight excluding hydrogens is 461 g/mol. The highest BCUT2D eigenvalue weighted by atomic mass is 35.5. The number of anilines is 2. The van der Waals surface area contributed by atoms with E-state index in [1.165, 1.54) is 29.8 Å². The minimum Gasteiger partial charge on any atom is -0.366 e. The Kier molecular flexibility index (Phi) is 6.01. The van der Waals surface area contributed by atoms with E-state index in [0.717, 1.165) is 29.1 Å². The number of carbonyl (C=O) groups excluding carboxylic acids is 3. The summed E-state index contributed by atoms with van der Waals surface area (Å²) in [5.74, 6) is -1.13. The van der Waals surface area contributed by atoms with Crippen LogP contribution in [-0.2, 0) is 9.59 Å². The van der Waals surface area contributed by atoms with Crippen LogP contribution in [-0.4, -0.2) is 29.9 Å². The maximum absolute atomic E-state index is 13.2. The number of urea groups is 1. The Morgan fingerprint density at radius 3 is 2.48 bits per heavy atom. The van der Waals surface area contributed by atoms with Crippen LogP contribution in [0.15, 0.2) is 42.0 Å². The van der Waals surface area contributed by atoms with Crippen molar-refractivity contribution >= 4 is 58.5 Å². The number of hydrogen-bond acceptors (Lipinski definition) is 4. The van der Waals surface area contributed by atoms with E-state index in [0.29, 0.717) is 10.9 Å². The molecule has 1 saturated heterocycles. The summed E-state index contributed by atoms with van der Waals surface area (Å²) in [6.07, 6.45) is 2.52. The summed E-state index contributed by atoms with van der Waals surface area (Å²) < 4.78 is 0. The molecule has 1 N–H and O–H groups in total. The van der Waals surface area contributed by atoms with Gasteiger partial charge in [0.05, 0.1) is 15.7 Å². The number of nitrogens with zero attached hydrogens (tertiary/aromatic N) is 2. The molecule has 0 saturated carbocycles.